The average molecular weight is 295 g/mol. The Kier molecular flexibility index (Phi) is 5.03. The van der Waals surface area contributed by atoms with Crippen LogP contribution >= 0.6 is 0 Å². The van der Waals surface area contributed by atoms with Gasteiger partial charge in [0.2, 0.25) is 0 Å². The van der Waals surface area contributed by atoms with Crippen molar-refractivity contribution in [1.29, 1.82) is 0 Å². The van der Waals surface area contributed by atoms with E-state index in [9.17, 15) is 4.79 Å². The Bertz CT molecular complexity index is 512. The largest absolute Gasteiger partial charge is 0.408 e. The predicted molar refractivity (Wildman–Crippen MR) is 87.7 cm³/mol. The Labute approximate surface area is 123 Å². The van der Waals surface area contributed by atoms with Gasteiger partial charge in [0.1, 0.15) is 0 Å². The Morgan fingerprint density at radius 3 is 2.15 bits per heavy atom. The molecular weight excluding hydrogens is 266 g/mol. The molecule has 0 bridgehead atoms. The first-order chi connectivity index (χ1) is 8.94. The van der Waals surface area contributed by atoms with Crippen LogP contribution in [0.25, 0.3) is 0 Å². The molecule has 20 heavy (non-hydrogen) atoms. The normalized spacial score (nSPS) is 14.7. The van der Waals surface area contributed by atoms with E-state index in [4.69, 9.17) is 4.43 Å². The van der Waals surface area contributed by atoms with E-state index in [1.807, 2.05) is 6.92 Å². The van der Waals surface area contributed by atoms with Crippen molar-refractivity contribution in [3.05, 3.63) is 33.7 Å². The van der Waals surface area contributed by atoms with Gasteiger partial charge in [-0.15, -0.1) is 0 Å². The second-order valence-electron chi connectivity index (χ2n) is 7.50. The molecular formula is C16H29NO2Si. The molecule has 0 saturated carbocycles. The van der Waals surface area contributed by atoms with Crippen LogP contribution in [0.2, 0.25) is 18.1 Å². The highest BCUT2D eigenvalue weighted by Crippen LogP contribution is 2.41. The zero-order valence-corrected chi connectivity index (χ0v) is 15.1. The fourth-order valence-corrected chi connectivity index (χ4v) is 3.30. The summed E-state index contributed by atoms with van der Waals surface area (Å²) < 4.78 is 6.53. The third-order valence-corrected chi connectivity index (χ3v) is 8.59. The number of hydrogen-bond donors (Lipinski definition) is 1. The first-order valence-electron chi connectivity index (χ1n) is 7.33. The lowest BCUT2D eigenvalue weighted by Gasteiger charge is -2.40. The molecule has 0 aliphatic carbocycles. The lowest BCUT2D eigenvalue weighted by molar-refractivity contribution is 0.131. The summed E-state index contributed by atoms with van der Waals surface area (Å²) in [6, 6.07) is 3.29. The van der Waals surface area contributed by atoms with Gasteiger partial charge in [-0.1, -0.05) is 34.6 Å². The van der Waals surface area contributed by atoms with E-state index in [1.165, 1.54) is 0 Å². The molecule has 4 heteroatoms. The summed E-state index contributed by atoms with van der Waals surface area (Å²) in [5.41, 5.74) is 1.83. The molecule has 0 fully saturated rings. The third-order valence-electron chi connectivity index (χ3n) is 4.14. The van der Waals surface area contributed by atoms with Gasteiger partial charge in [0.15, 0.2) is 13.7 Å². The molecule has 0 aliphatic rings. The lowest BCUT2D eigenvalue weighted by Crippen LogP contribution is -2.43. The number of H-pyrrole nitrogens is 1. The molecule has 1 aromatic heterocycles. The van der Waals surface area contributed by atoms with Crippen LogP contribution in [0.1, 0.15) is 52.1 Å². The number of nitrogens with one attached hydrogen (secondary N) is 1. The summed E-state index contributed by atoms with van der Waals surface area (Å²) in [4.78, 5) is 15.0. The highest BCUT2D eigenvalue weighted by molar-refractivity contribution is 6.74. The molecule has 1 rings (SSSR count). The van der Waals surface area contributed by atoms with Gasteiger partial charge in [0.25, 0.3) is 0 Å². The van der Waals surface area contributed by atoms with E-state index in [0.29, 0.717) is 5.92 Å². The van der Waals surface area contributed by atoms with E-state index in [2.05, 4.69) is 52.7 Å². The van der Waals surface area contributed by atoms with Crippen molar-refractivity contribution in [2.24, 2.45) is 5.92 Å². The van der Waals surface area contributed by atoms with E-state index < -0.39 is 8.32 Å². The highest BCUT2D eigenvalue weighted by atomic mass is 28.4. The maximum Gasteiger partial charge on any atom is 0.192 e. The Balaban J connectivity index is 3.16. The summed E-state index contributed by atoms with van der Waals surface area (Å²) in [6.07, 6.45) is -0.0523. The van der Waals surface area contributed by atoms with Crippen LogP contribution in [0.3, 0.4) is 0 Å². The molecule has 0 radical (unpaired) electrons. The zero-order valence-electron chi connectivity index (χ0n) is 14.1. The molecule has 0 aromatic carbocycles. The zero-order chi connectivity index (χ0) is 15.7. The first-order valence-corrected chi connectivity index (χ1v) is 10.2. The number of rotatable bonds is 4. The molecule has 0 amide bonds. The standard InChI is InChI=1S/C16H29NO2Si/c1-11(2)15(19-20(7,8)16(4,5)6)14-10-13(18)9-12(3)17-14/h9-11,15H,1-8H3,(H,17,18)/t15-/m0/s1. The number of aromatic amines is 1. The third kappa shape index (κ3) is 4.06. The SMILES string of the molecule is Cc1cc(=O)cc([C@@H](O[Si](C)(C)C(C)(C)C)C(C)C)[nH]1. The van der Waals surface area contributed by atoms with Gasteiger partial charge in [0.05, 0.1) is 6.10 Å². The molecule has 0 aliphatic heterocycles. The molecule has 1 atom stereocenters. The van der Waals surface area contributed by atoms with Crippen molar-refractivity contribution in [1.82, 2.24) is 4.98 Å². The van der Waals surface area contributed by atoms with Gasteiger partial charge in [0, 0.05) is 23.5 Å². The van der Waals surface area contributed by atoms with Gasteiger partial charge < -0.3 is 9.41 Å². The van der Waals surface area contributed by atoms with E-state index >= 15 is 0 Å². The van der Waals surface area contributed by atoms with E-state index in [-0.39, 0.29) is 16.6 Å². The minimum atomic E-state index is -1.87. The Hall–Kier alpha value is -0.873. The summed E-state index contributed by atoms with van der Waals surface area (Å²) in [5.74, 6) is 0.321. The van der Waals surface area contributed by atoms with Crippen molar-refractivity contribution in [3.63, 3.8) is 0 Å². The van der Waals surface area contributed by atoms with Gasteiger partial charge in [-0.3, -0.25) is 4.79 Å². The highest BCUT2D eigenvalue weighted by Gasteiger charge is 2.40. The molecule has 1 heterocycles. The average Bonchev–Trinajstić information content (AvgIpc) is 2.22. The maximum absolute atomic E-state index is 11.7. The fraction of sp³-hybridized carbons (Fsp3) is 0.688. The van der Waals surface area contributed by atoms with Crippen LogP contribution in [0, 0.1) is 12.8 Å². The van der Waals surface area contributed by atoms with Crippen LogP contribution in [-0.4, -0.2) is 13.3 Å². The molecule has 1 aromatic rings. The minimum Gasteiger partial charge on any atom is -0.408 e. The van der Waals surface area contributed by atoms with Crippen molar-refractivity contribution >= 4 is 8.32 Å². The summed E-state index contributed by atoms with van der Waals surface area (Å²) in [7, 11) is -1.87. The van der Waals surface area contributed by atoms with Crippen LogP contribution in [0.5, 0.6) is 0 Å². The van der Waals surface area contributed by atoms with Crippen LogP contribution in [0.4, 0.5) is 0 Å². The molecule has 0 saturated heterocycles. The van der Waals surface area contributed by atoms with Gasteiger partial charge in [-0.2, -0.15) is 0 Å². The topological polar surface area (TPSA) is 42.1 Å². The first kappa shape index (κ1) is 17.2. The van der Waals surface area contributed by atoms with Crippen LogP contribution in [0.15, 0.2) is 16.9 Å². The van der Waals surface area contributed by atoms with E-state index in [1.54, 1.807) is 12.1 Å². The van der Waals surface area contributed by atoms with Crippen molar-refractivity contribution in [2.75, 3.05) is 0 Å². The second kappa shape index (κ2) is 5.86. The Morgan fingerprint density at radius 2 is 1.75 bits per heavy atom. The summed E-state index contributed by atoms with van der Waals surface area (Å²) in [6.45, 7) is 17.4. The molecule has 0 spiro atoms. The minimum absolute atomic E-state index is 0.0423. The second-order valence-corrected chi connectivity index (χ2v) is 12.3. The molecule has 0 unspecified atom stereocenters. The van der Waals surface area contributed by atoms with Gasteiger partial charge in [-0.05, 0) is 31.0 Å². The van der Waals surface area contributed by atoms with Crippen LogP contribution < -0.4 is 5.43 Å². The predicted octanol–water partition coefficient (Wildman–Crippen LogP) is 4.40. The Morgan fingerprint density at radius 1 is 1.20 bits per heavy atom. The lowest BCUT2D eigenvalue weighted by atomic mass is 10.0. The number of hydrogen-bond acceptors (Lipinski definition) is 2. The van der Waals surface area contributed by atoms with Crippen molar-refractivity contribution in [2.45, 2.75) is 65.8 Å². The molecule has 114 valence electrons. The number of pyridine rings is 1. The van der Waals surface area contributed by atoms with Crippen LogP contribution in [-0.2, 0) is 4.43 Å². The molecule has 1 N–H and O–H groups in total. The van der Waals surface area contributed by atoms with Gasteiger partial charge >= 0.3 is 0 Å². The maximum atomic E-state index is 11.7. The fourth-order valence-electron chi connectivity index (χ4n) is 1.91. The number of aromatic nitrogens is 1. The molecule has 3 nitrogen and oxygen atoms in total. The smallest absolute Gasteiger partial charge is 0.192 e. The van der Waals surface area contributed by atoms with E-state index in [0.717, 1.165) is 11.4 Å². The van der Waals surface area contributed by atoms with Crippen molar-refractivity contribution in [3.8, 4) is 0 Å². The monoisotopic (exact) mass is 295 g/mol. The summed E-state index contributed by atoms with van der Waals surface area (Å²) >= 11 is 0. The number of aryl methyl sites for hydroxylation is 1. The quantitative estimate of drug-likeness (QED) is 0.836. The van der Waals surface area contributed by atoms with Gasteiger partial charge in [-0.25, -0.2) is 0 Å². The summed E-state index contributed by atoms with van der Waals surface area (Å²) in [5, 5.41) is 0.157. The van der Waals surface area contributed by atoms with Crippen molar-refractivity contribution < 1.29 is 4.43 Å².